The number of carbonyl (C=O) groups is 2. The van der Waals surface area contributed by atoms with Crippen molar-refractivity contribution in [2.45, 2.75) is 29.7 Å². The van der Waals surface area contributed by atoms with E-state index in [0.717, 1.165) is 10.5 Å². The summed E-state index contributed by atoms with van der Waals surface area (Å²) in [6.07, 6.45) is -3.66. The Kier molecular flexibility index (Phi) is 4.59. The summed E-state index contributed by atoms with van der Waals surface area (Å²) in [5.41, 5.74) is 0.816. The second-order valence-corrected chi connectivity index (χ2v) is 5.49. The number of amides is 1. The van der Waals surface area contributed by atoms with Crippen LogP contribution in [0.1, 0.15) is 17.9 Å². The van der Waals surface area contributed by atoms with E-state index in [1.165, 1.54) is 11.8 Å². The fourth-order valence-electron chi connectivity index (χ4n) is 2.05. The van der Waals surface area contributed by atoms with Gasteiger partial charge in [0.05, 0.1) is 5.92 Å². The summed E-state index contributed by atoms with van der Waals surface area (Å²) >= 11 is 1.50. The topological polar surface area (TPSA) is 66.4 Å². The van der Waals surface area contributed by atoms with E-state index in [0.29, 0.717) is 5.75 Å². The predicted molar refractivity (Wildman–Crippen MR) is 70.1 cm³/mol. The zero-order chi connectivity index (χ0) is 14.7. The lowest BCUT2D eigenvalue weighted by atomic mass is 10.00. The average Bonchev–Trinajstić information content (AvgIpc) is 2.81. The number of nitrogens with one attached hydrogen (secondary N) is 1. The molecule has 0 aromatic heterocycles. The molecule has 1 heterocycles. The fourth-order valence-corrected chi connectivity index (χ4v) is 3.28. The highest BCUT2D eigenvalue weighted by Crippen LogP contribution is 2.39. The van der Waals surface area contributed by atoms with Gasteiger partial charge in [-0.1, -0.05) is 18.2 Å². The number of rotatable bonds is 5. The Morgan fingerprint density at radius 1 is 1.40 bits per heavy atom. The van der Waals surface area contributed by atoms with E-state index in [4.69, 9.17) is 5.11 Å². The monoisotopic (exact) mass is 301 g/mol. The highest BCUT2D eigenvalue weighted by molar-refractivity contribution is 7.99. The van der Waals surface area contributed by atoms with Gasteiger partial charge in [-0.25, -0.2) is 13.6 Å². The third-order valence-corrected chi connectivity index (χ3v) is 4.23. The summed E-state index contributed by atoms with van der Waals surface area (Å²) in [7, 11) is 0. The molecule has 2 N–H and O–H groups in total. The van der Waals surface area contributed by atoms with Crippen LogP contribution >= 0.6 is 11.8 Å². The molecule has 0 saturated heterocycles. The highest BCUT2D eigenvalue weighted by Gasteiger charge is 2.32. The molecule has 1 aromatic carbocycles. The summed E-state index contributed by atoms with van der Waals surface area (Å²) in [6.45, 7) is 0. The summed E-state index contributed by atoms with van der Waals surface area (Å²) in [5.74, 6) is -1.96. The van der Waals surface area contributed by atoms with E-state index >= 15 is 0 Å². The van der Waals surface area contributed by atoms with Crippen LogP contribution in [-0.4, -0.2) is 35.2 Å². The number of hydrogen-bond acceptors (Lipinski definition) is 3. The first kappa shape index (κ1) is 14.8. The van der Waals surface area contributed by atoms with Crippen LogP contribution in [0.4, 0.5) is 8.78 Å². The van der Waals surface area contributed by atoms with Gasteiger partial charge in [-0.2, -0.15) is 0 Å². The van der Waals surface area contributed by atoms with Gasteiger partial charge >= 0.3 is 5.97 Å². The fraction of sp³-hybridized carbons (Fsp3) is 0.385. The zero-order valence-electron chi connectivity index (χ0n) is 10.4. The Morgan fingerprint density at radius 2 is 2.10 bits per heavy atom. The van der Waals surface area contributed by atoms with Gasteiger partial charge in [0.15, 0.2) is 0 Å². The van der Waals surface area contributed by atoms with Crippen LogP contribution in [0.15, 0.2) is 29.2 Å². The SMILES string of the molecule is O=C(O)C(CC(F)F)NC(=O)C1CSc2ccccc21. The molecule has 2 rings (SSSR count). The molecule has 1 aliphatic rings. The van der Waals surface area contributed by atoms with Gasteiger partial charge in [0, 0.05) is 17.1 Å². The van der Waals surface area contributed by atoms with Crippen LogP contribution in [0.25, 0.3) is 0 Å². The zero-order valence-corrected chi connectivity index (χ0v) is 11.2. The number of hydrogen-bond donors (Lipinski definition) is 2. The summed E-state index contributed by atoms with van der Waals surface area (Å²) < 4.78 is 24.6. The van der Waals surface area contributed by atoms with Crippen LogP contribution in [-0.2, 0) is 9.59 Å². The number of carbonyl (C=O) groups excluding carboxylic acids is 1. The van der Waals surface area contributed by atoms with E-state index in [9.17, 15) is 18.4 Å². The van der Waals surface area contributed by atoms with Crippen LogP contribution in [0.5, 0.6) is 0 Å². The van der Waals surface area contributed by atoms with Gasteiger partial charge in [0.1, 0.15) is 6.04 Å². The number of alkyl halides is 2. The molecule has 0 aliphatic carbocycles. The number of halogens is 2. The first-order chi connectivity index (χ1) is 9.49. The Morgan fingerprint density at radius 3 is 2.75 bits per heavy atom. The van der Waals surface area contributed by atoms with Crippen molar-refractivity contribution in [3.63, 3.8) is 0 Å². The number of carboxylic acid groups (broad SMARTS) is 1. The van der Waals surface area contributed by atoms with Crippen molar-refractivity contribution in [2.75, 3.05) is 5.75 Å². The maximum Gasteiger partial charge on any atom is 0.326 e. The molecule has 2 atom stereocenters. The normalized spacial score (nSPS) is 18.6. The van der Waals surface area contributed by atoms with Gasteiger partial charge in [-0.3, -0.25) is 4.79 Å². The predicted octanol–water partition coefficient (Wildman–Crippen LogP) is 2.10. The number of fused-ring (bicyclic) bond motifs is 1. The first-order valence-corrected chi connectivity index (χ1v) is 7.00. The van der Waals surface area contributed by atoms with Gasteiger partial charge in [0.25, 0.3) is 0 Å². The maximum absolute atomic E-state index is 12.3. The molecule has 0 fully saturated rings. The summed E-state index contributed by atoms with van der Waals surface area (Å²) in [4.78, 5) is 23.9. The van der Waals surface area contributed by atoms with Crippen LogP contribution in [0.3, 0.4) is 0 Å². The van der Waals surface area contributed by atoms with Crippen LogP contribution in [0, 0.1) is 0 Å². The Balaban J connectivity index is 2.07. The van der Waals surface area contributed by atoms with E-state index in [1.54, 1.807) is 12.1 Å². The smallest absolute Gasteiger partial charge is 0.326 e. The number of benzene rings is 1. The molecule has 0 saturated carbocycles. The van der Waals surface area contributed by atoms with Crippen LogP contribution in [0.2, 0.25) is 0 Å². The molecule has 20 heavy (non-hydrogen) atoms. The molecule has 0 radical (unpaired) electrons. The molecule has 7 heteroatoms. The third kappa shape index (κ3) is 3.27. The van der Waals surface area contributed by atoms with Crippen LogP contribution < -0.4 is 5.32 Å². The molecule has 1 aromatic rings. The number of aliphatic carboxylic acids is 1. The lowest BCUT2D eigenvalue weighted by Gasteiger charge is -2.17. The summed E-state index contributed by atoms with van der Waals surface area (Å²) in [6, 6.07) is 5.76. The van der Waals surface area contributed by atoms with E-state index < -0.39 is 36.7 Å². The highest BCUT2D eigenvalue weighted by atomic mass is 32.2. The molecule has 1 amide bonds. The van der Waals surface area contributed by atoms with Crippen molar-refractivity contribution in [3.8, 4) is 0 Å². The molecule has 0 spiro atoms. The second kappa shape index (κ2) is 6.21. The second-order valence-electron chi connectivity index (χ2n) is 4.43. The number of thioether (sulfide) groups is 1. The third-order valence-electron chi connectivity index (χ3n) is 3.04. The molecule has 4 nitrogen and oxygen atoms in total. The number of carboxylic acids is 1. The minimum Gasteiger partial charge on any atom is -0.480 e. The Bertz CT molecular complexity index is 524. The molecular weight excluding hydrogens is 288 g/mol. The standard InChI is InChI=1S/C13H13F2NO3S/c14-11(15)5-9(13(18)19)16-12(17)8-6-20-10-4-2-1-3-7(8)10/h1-4,8-9,11H,5-6H2,(H,16,17)(H,18,19). The quantitative estimate of drug-likeness (QED) is 0.874. The minimum atomic E-state index is -2.78. The molecular formula is C13H13F2NO3S. The lowest BCUT2D eigenvalue weighted by molar-refractivity contribution is -0.143. The van der Waals surface area contributed by atoms with Gasteiger partial charge in [-0.15, -0.1) is 11.8 Å². The van der Waals surface area contributed by atoms with Gasteiger partial charge in [-0.05, 0) is 11.6 Å². The average molecular weight is 301 g/mol. The first-order valence-electron chi connectivity index (χ1n) is 6.02. The van der Waals surface area contributed by atoms with Crippen molar-refractivity contribution in [1.29, 1.82) is 0 Å². The molecule has 0 bridgehead atoms. The van der Waals surface area contributed by atoms with E-state index in [-0.39, 0.29) is 0 Å². The van der Waals surface area contributed by atoms with Gasteiger partial charge < -0.3 is 10.4 Å². The minimum absolute atomic E-state index is 0.490. The molecule has 1 aliphatic heterocycles. The van der Waals surface area contributed by atoms with Crippen molar-refractivity contribution in [2.24, 2.45) is 0 Å². The van der Waals surface area contributed by atoms with Crippen molar-refractivity contribution < 1.29 is 23.5 Å². The lowest BCUT2D eigenvalue weighted by Crippen LogP contribution is -2.44. The van der Waals surface area contributed by atoms with Crippen molar-refractivity contribution in [3.05, 3.63) is 29.8 Å². The largest absolute Gasteiger partial charge is 0.480 e. The van der Waals surface area contributed by atoms with Crippen molar-refractivity contribution >= 4 is 23.6 Å². The molecule has 108 valence electrons. The van der Waals surface area contributed by atoms with E-state index in [1.807, 2.05) is 12.1 Å². The maximum atomic E-state index is 12.3. The van der Waals surface area contributed by atoms with E-state index in [2.05, 4.69) is 5.32 Å². The summed E-state index contributed by atoms with van der Waals surface area (Å²) in [5, 5.41) is 11.1. The van der Waals surface area contributed by atoms with Gasteiger partial charge in [0.2, 0.25) is 12.3 Å². The Hall–Kier alpha value is -1.63. The Labute approximate surface area is 118 Å². The molecule has 2 unspecified atom stereocenters. The van der Waals surface area contributed by atoms with Crippen molar-refractivity contribution in [1.82, 2.24) is 5.32 Å².